The van der Waals surface area contributed by atoms with Crippen molar-refractivity contribution in [1.82, 2.24) is 14.7 Å². The van der Waals surface area contributed by atoms with Crippen LogP contribution in [0.25, 0.3) is 0 Å². The third-order valence-corrected chi connectivity index (χ3v) is 8.50. The molecular formula is C31H43N3O5. The SMILES string of the molecule is C[C@@H]1CCN(CCC(=O)N(CCN2CCOCC2)[C@@H](Cc2ccccc2)C(=O)O)C(c2cccc(O)c2)[C@@H]1C. The third-order valence-electron chi connectivity index (χ3n) is 8.50. The Kier molecular flexibility index (Phi) is 10.4. The number of morpholine rings is 1. The van der Waals surface area contributed by atoms with Crippen LogP contribution in [0.3, 0.4) is 0 Å². The first-order chi connectivity index (χ1) is 18.8. The standard InChI is InChI=1S/C31H43N3O5/c1-23-11-13-33(30(24(23)2)26-9-6-10-27(35)22-26)14-12-29(36)34(16-15-32-17-19-39-20-18-32)28(31(37)38)21-25-7-4-3-5-8-25/h3-10,22-24,28,30,35H,11-21H2,1-2H3,(H,37,38)/t23-,24-,28+,30?/m1/s1. The zero-order chi connectivity index (χ0) is 27.8. The smallest absolute Gasteiger partial charge is 0.326 e. The second-order valence-electron chi connectivity index (χ2n) is 11.0. The van der Waals surface area contributed by atoms with Crippen LogP contribution in [-0.2, 0) is 20.7 Å². The number of phenolic OH excluding ortho intramolecular Hbond substituents is 1. The number of likely N-dealkylation sites (tertiary alicyclic amines) is 1. The quantitative estimate of drug-likeness (QED) is 0.452. The van der Waals surface area contributed by atoms with Crippen LogP contribution in [0.2, 0.25) is 0 Å². The number of nitrogens with zero attached hydrogens (tertiary/aromatic N) is 3. The zero-order valence-corrected chi connectivity index (χ0v) is 23.2. The molecule has 8 heteroatoms. The van der Waals surface area contributed by atoms with Crippen LogP contribution in [0.1, 0.15) is 43.9 Å². The zero-order valence-electron chi connectivity index (χ0n) is 23.2. The molecule has 2 heterocycles. The Morgan fingerprint density at radius 2 is 1.77 bits per heavy atom. The number of carboxylic acid groups (broad SMARTS) is 1. The Hall–Kier alpha value is -2.94. The molecule has 2 N–H and O–H groups in total. The van der Waals surface area contributed by atoms with Crippen molar-refractivity contribution >= 4 is 11.9 Å². The maximum atomic E-state index is 13.8. The Morgan fingerprint density at radius 3 is 2.46 bits per heavy atom. The van der Waals surface area contributed by atoms with Gasteiger partial charge in [-0.1, -0.05) is 56.3 Å². The lowest BCUT2D eigenvalue weighted by Crippen LogP contribution is -2.51. The average Bonchev–Trinajstić information content (AvgIpc) is 2.94. The Morgan fingerprint density at radius 1 is 1.03 bits per heavy atom. The number of carbonyl (C=O) groups excluding carboxylic acids is 1. The average molecular weight is 538 g/mol. The van der Waals surface area contributed by atoms with Gasteiger partial charge in [-0.05, 0) is 48.1 Å². The van der Waals surface area contributed by atoms with Gasteiger partial charge in [-0.2, -0.15) is 0 Å². The van der Waals surface area contributed by atoms with Gasteiger partial charge in [-0.15, -0.1) is 0 Å². The van der Waals surface area contributed by atoms with Gasteiger partial charge in [0, 0.05) is 51.6 Å². The van der Waals surface area contributed by atoms with Gasteiger partial charge < -0.3 is 19.8 Å². The second-order valence-corrected chi connectivity index (χ2v) is 11.0. The summed E-state index contributed by atoms with van der Waals surface area (Å²) in [6.07, 6.45) is 1.56. The molecule has 2 aliphatic rings. The Labute approximate surface area is 232 Å². The van der Waals surface area contributed by atoms with Crippen molar-refractivity contribution in [3.05, 3.63) is 65.7 Å². The van der Waals surface area contributed by atoms with Crippen molar-refractivity contribution in [3.63, 3.8) is 0 Å². The van der Waals surface area contributed by atoms with Gasteiger partial charge in [-0.3, -0.25) is 14.6 Å². The van der Waals surface area contributed by atoms with E-state index in [0.717, 1.165) is 37.2 Å². The highest BCUT2D eigenvalue weighted by Crippen LogP contribution is 2.39. The van der Waals surface area contributed by atoms with E-state index in [1.54, 1.807) is 11.0 Å². The molecule has 2 saturated heterocycles. The summed E-state index contributed by atoms with van der Waals surface area (Å²) < 4.78 is 5.46. The van der Waals surface area contributed by atoms with Gasteiger partial charge in [0.05, 0.1) is 13.2 Å². The van der Waals surface area contributed by atoms with Crippen molar-refractivity contribution in [2.45, 2.75) is 45.2 Å². The Balaban J connectivity index is 1.50. The molecule has 0 spiro atoms. The number of amides is 1. The molecule has 8 nitrogen and oxygen atoms in total. The summed E-state index contributed by atoms with van der Waals surface area (Å²) in [5.41, 5.74) is 1.95. The van der Waals surface area contributed by atoms with Crippen LogP contribution < -0.4 is 0 Å². The van der Waals surface area contributed by atoms with Crippen LogP contribution in [0, 0.1) is 11.8 Å². The summed E-state index contributed by atoms with van der Waals surface area (Å²) >= 11 is 0. The van der Waals surface area contributed by atoms with Crippen molar-refractivity contribution in [3.8, 4) is 5.75 Å². The van der Waals surface area contributed by atoms with Crippen LogP contribution in [0.4, 0.5) is 0 Å². The highest BCUT2D eigenvalue weighted by atomic mass is 16.5. The highest BCUT2D eigenvalue weighted by Gasteiger charge is 2.36. The molecule has 2 fully saturated rings. The van der Waals surface area contributed by atoms with E-state index in [9.17, 15) is 19.8 Å². The minimum atomic E-state index is -0.979. The van der Waals surface area contributed by atoms with Crippen molar-refractivity contribution in [2.24, 2.45) is 11.8 Å². The lowest BCUT2D eigenvalue weighted by Gasteiger charge is -2.44. The lowest BCUT2D eigenvalue weighted by molar-refractivity contribution is -0.150. The molecule has 212 valence electrons. The van der Waals surface area contributed by atoms with E-state index in [1.165, 1.54) is 0 Å². The van der Waals surface area contributed by atoms with Crippen molar-refractivity contribution in [1.29, 1.82) is 0 Å². The van der Waals surface area contributed by atoms with E-state index >= 15 is 0 Å². The number of aromatic hydroxyl groups is 1. The molecule has 0 aliphatic carbocycles. The molecule has 2 aromatic carbocycles. The summed E-state index contributed by atoms with van der Waals surface area (Å²) in [5.74, 6) is 0.0164. The monoisotopic (exact) mass is 537 g/mol. The number of aliphatic carboxylic acids is 1. The van der Waals surface area contributed by atoms with Crippen molar-refractivity contribution in [2.75, 3.05) is 52.5 Å². The van der Waals surface area contributed by atoms with Gasteiger partial charge >= 0.3 is 5.97 Å². The summed E-state index contributed by atoms with van der Waals surface area (Å²) in [6, 6.07) is 16.1. The predicted octanol–water partition coefficient (Wildman–Crippen LogP) is 3.66. The third kappa shape index (κ3) is 7.81. The highest BCUT2D eigenvalue weighted by molar-refractivity contribution is 5.84. The number of carboxylic acids is 1. The van der Waals surface area contributed by atoms with Crippen LogP contribution in [-0.4, -0.2) is 95.3 Å². The normalized spacial score (nSPS) is 23.3. The van der Waals surface area contributed by atoms with E-state index in [-0.39, 0.29) is 30.5 Å². The molecule has 0 aromatic heterocycles. The first-order valence-corrected chi connectivity index (χ1v) is 14.2. The maximum absolute atomic E-state index is 13.8. The van der Waals surface area contributed by atoms with Crippen LogP contribution in [0.5, 0.6) is 5.75 Å². The van der Waals surface area contributed by atoms with E-state index in [2.05, 4.69) is 23.6 Å². The number of benzene rings is 2. The number of piperidine rings is 1. The van der Waals surface area contributed by atoms with E-state index in [1.807, 2.05) is 48.5 Å². The number of hydrogen-bond acceptors (Lipinski definition) is 6. The van der Waals surface area contributed by atoms with Crippen LogP contribution >= 0.6 is 0 Å². The van der Waals surface area contributed by atoms with Crippen molar-refractivity contribution < 1.29 is 24.5 Å². The van der Waals surface area contributed by atoms with Gasteiger partial charge in [0.1, 0.15) is 11.8 Å². The molecule has 4 rings (SSSR count). The van der Waals surface area contributed by atoms with E-state index < -0.39 is 12.0 Å². The number of phenols is 1. The molecular weight excluding hydrogens is 494 g/mol. The Bertz CT molecular complexity index is 1070. The first-order valence-electron chi connectivity index (χ1n) is 14.2. The summed E-state index contributed by atoms with van der Waals surface area (Å²) in [5, 5.41) is 20.4. The summed E-state index contributed by atoms with van der Waals surface area (Å²) in [7, 11) is 0. The lowest BCUT2D eigenvalue weighted by atomic mass is 9.79. The number of ether oxygens (including phenoxy) is 1. The fraction of sp³-hybridized carbons (Fsp3) is 0.548. The van der Waals surface area contributed by atoms with E-state index in [0.29, 0.717) is 44.7 Å². The maximum Gasteiger partial charge on any atom is 0.326 e. The molecule has 0 bridgehead atoms. The number of carbonyl (C=O) groups is 2. The summed E-state index contributed by atoms with van der Waals surface area (Å²) in [6.45, 7) is 9.78. The van der Waals surface area contributed by atoms with Gasteiger partial charge in [0.2, 0.25) is 5.91 Å². The molecule has 1 amide bonds. The van der Waals surface area contributed by atoms with Crippen LogP contribution in [0.15, 0.2) is 54.6 Å². The van der Waals surface area contributed by atoms with Gasteiger partial charge in [0.25, 0.3) is 0 Å². The first kappa shape index (κ1) is 29.1. The minimum Gasteiger partial charge on any atom is -0.508 e. The molecule has 2 aliphatic heterocycles. The van der Waals surface area contributed by atoms with E-state index in [4.69, 9.17) is 4.74 Å². The van der Waals surface area contributed by atoms with Gasteiger partial charge in [0.15, 0.2) is 0 Å². The molecule has 39 heavy (non-hydrogen) atoms. The molecule has 4 atom stereocenters. The fourth-order valence-corrected chi connectivity index (χ4v) is 5.97. The molecule has 0 radical (unpaired) electrons. The predicted molar refractivity (Wildman–Crippen MR) is 151 cm³/mol. The number of hydrogen-bond donors (Lipinski definition) is 2. The summed E-state index contributed by atoms with van der Waals surface area (Å²) in [4.78, 5) is 32.4. The molecule has 2 aromatic rings. The molecule has 1 unspecified atom stereocenters. The minimum absolute atomic E-state index is 0.0926. The largest absolute Gasteiger partial charge is 0.508 e. The molecule has 0 saturated carbocycles. The second kappa shape index (κ2) is 13.9. The number of rotatable bonds is 11. The van der Waals surface area contributed by atoms with Gasteiger partial charge in [-0.25, -0.2) is 4.79 Å². The fourth-order valence-electron chi connectivity index (χ4n) is 5.97. The topological polar surface area (TPSA) is 93.6 Å².